The number of nitrogens with zero attached hydrogens (tertiary/aromatic N) is 1. The average molecular weight is 235 g/mol. The first-order valence-electron chi connectivity index (χ1n) is 5.75. The van der Waals surface area contributed by atoms with Gasteiger partial charge in [-0.3, -0.25) is 0 Å². The van der Waals surface area contributed by atoms with Gasteiger partial charge in [0.1, 0.15) is 0 Å². The molecule has 1 heterocycles. The largest absolute Gasteiger partial charge is 0.480 e. The van der Waals surface area contributed by atoms with Crippen LogP contribution in [0.5, 0.6) is 0 Å². The highest BCUT2D eigenvalue weighted by atomic mass is 32.1. The summed E-state index contributed by atoms with van der Waals surface area (Å²) in [6.07, 6.45) is 2.08. The van der Waals surface area contributed by atoms with Gasteiger partial charge in [-0.1, -0.05) is 25.1 Å². The molecular formula is C13H17NOS. The van der Waals surface area contributed by atoms with Crippen LogP contribution < -0.4 is 0 Å². The van der Waals surface area contributed by atoms with Crippen LogP contribution in [0.15, 0.2) is 35.3 Å². The molecule has 1 aromatic rings. The van der Waals surface area contributed by atoms with Gasteiger partial charge in [0.2, 0.25) is 0 Å². The zero-order valence-electron chi connectivity index (χ0n) is 9.47. The van der Waals surface area contributed by atoms with Crippen LogP contribution in [-0.4, -0.2) is 17.8 Å². The summed E-state index contributed by atoms with van der Waals surface area (Å²) in [4.78, 5) is 4.55. The van der Waals surface area contributed by atoms with Gasteiger partial charge in [0, 0.05) is 5.25 Å². The normalized spacial score (nSPS) is 24.4. The van der Waals surface area contributed by atoms with E-state index < -0.39 is 0 Å². The van der Waals surface area contributed by atoms with Crippen molar-refractivity contribution in [2.45, 2.75) is 25.0 Å². The highest BCUT2D eigenvalue weighted by Gasteiger charge is 2.29. The Morgan fingerprint density at radius 3 is 2.88 bits per heavy atom. The SMILES string of the molecule is CCC(S)C1CCOC1=Nc1ccccc1. The summed E-state index contributed by atoms with van der Waals surface area (Å²) < 4.78 is 5.59. The van der Waals surface area contributed by atoms with Crippen LogP contribution in [0.25, 0.3) is 0 Å². The fraction of sp³-hybridized carbons (Fsp3) is 0.462. The minimum Gasteiger partial charge on any atom is -0.480 e. The van der Waals surface area contributed by atoms with Crippen molar-refractivity contribution in [2.75, 3.05) is 6.61 Å². The maximum Gasteiger partial charge on any atom is 0.192 e. The fourth-order valence-electron chi connectivity index (χ4n) is 1.91. The van der Waals surface area contributed by atoms with Crippen LogP contribution in [0, 0.1) is 5.92 Å². The van der Waals surface area contributed by atoms with Crippen molar-refractivity contribution in [1.82, 2.24) is 0 Å². The summed E-state index contributed by atoms with van der Waals surface area (Å²) in [7, 11) is 0. The minimum atomic E-state index is 0.352. The van der Waals surface area contributed by atoms with Gasteiger partial charge in [0.25, 0.3) is 0 Å². The van der Waals surface area contributed by atoms with Crippen molar-refractivity contribution in [3.63, 3.8) is 0 Å². The molecule has 3 heteroatoms. The average Bonchev–Trinajstić information content (AvgIpc) is 2.77. The number of hydrogen-bond donors (Lipinski definition) is 1. The number of para-hydroxylation sites is 1. The van der Waals surface area contributed by atoms with Crippen molar-refractivity contribution in [2.24, 2.45) is 10.9 Å². The lowest BCUT2D eigenvalue weighted by Gasteiger charge is -2.14. The Labute approximate surface area is 102 Å². The topological polar surface area (TPSA) is 21.6 Å². The molecule has 1 aliphatic heterocycles. The standard InChI is InChI=1S/C13H17NOS/c1-2-12(16)11-8-9-15-13(11)14-10-6-4-3-5-7-10/h3-7,11-12,16H,2,8-9H2,1H3. The van der Waals surface area contributed by atoms with E-state index in [0.717, 1.165) is 31.0 Å². The van der Waals surface area contributed by atoms with Gasteiger partial charge >= 0.3 is 0 Å². The monoisotopic (exact) mass is 235 g/mol. The number of rotatable bonds is 3. The number of aliphatic imine (C=N–C) groups is 1. The lowest BCUT2D eigenvalue weighted by atomic mass is 10.0. The second kappa shape index (κ2) is 5.39. The van der Waals surface area contributed by atoms with E-state index in [2.05, 4.69) is 24.5 Å². The van der Waals surface area contributed by atoms with E-state index in [1.807, 2.05) is 30.3 Å². The van der Waals surface area contributed by atoms with Crippen LogP contribution >= 0.6 is 12.6 Å². The molecule has 0 radical (unpaired) electrons. The number of hydrogen-bond acceptors (Lipinski definition) is 3. The molecule has 0 saturated carbocycles. The Hall–Kier alpha value is -0.960. The molecule has 1 saturated heterocycles. The number of benzene rings is 1. The van der Waals surface area contributed by atoms with Crippen LogP contribution in [0.3, 0.4) is 0 Å². The maximum atomic E-state index is 5.59. The fourth-order valence-corrected chi connectivity index (χ4v) is 2.18. The molecule has 2 nitrogen and oxygen atoms in total. The molecule has 0 aliphatic carbocycles. The molecule has 2 rings (SSSR count). The third kappa shape index (κ3) is 2.59. The lowest BCUT2D eigenvalue weighted by molar-refractivity contribution is 0.344. The lowest BCUT2D eigenvalue weighted by Crippen LogP contribution is -2.19. The maximum absolute atomic E-state index is 5.59. The Morgan fingerprint density at radius 1 is 1.44 bits per heavy atom. The minimum absolute atomic E-state index is 0.352. The van der Waals surface area contributed by atoms with Crippen LogP contribution in [0.1, 0.15) is 19.8 Å². The van der Waals surface area contributed by atoms with Crippen LogP contribution in [0.2, 0.25) is 0 Å². The summed E-state index contributed by atoms with van der Waals surface area (Å²) in [5.41, 5.74) is 0.959. The highest BCUT2D eigenvalue weighted by molar-refractivity contribution is 7.81. The van der Waals surface area contributed by atoms with E-state index in [-0.39, 0.29) is 0 Å². The zero-order chi connectivity index (χ0) is 11.4. The van der Waals surface area contributed by atoms with E-state index in [0.29, 0.717) is 11.2 Å². The summed E-state index contributed by atoms with van der Waals surface area (Å²) in [5, 5.41) is 0.352. The van der Waals surface area contributed by atoms with Gasteiger partial charge in [0.05, 0.1) is 18.2 Å². The third-order valence-corrected chi connectivity index (χ3v) is 3.60. The summed E-state index contributed by atoms with van der Waals surface area (Å²) in [6, 6.07) is 9.95. The quantitative estimate of drug-likeness (QED) is 0.796. The Morgan fingerprint density at radius 2 is 2.19 bits per heavy atom. The predicted octanol–water partition coefficient (Wildman–Crippen LogP) is 3.46. The second-order valence-corrected chi connectivity index (χ2v) is 4.67. The molecule has 86 valence electrons. The third-order valence-electron chi connectivity index (χ3n) is 2.87. The first kappa shape index (κ1) is 11.5. The first-order valence-corrected chi connectivity index (χ1v) is 6.27. The van der Waals surface area contributed by atoms with Crippen molar-refractivity contribution >= 4 is 24.2 Å². The zero-order valence-corrected chi connectivity index (χ0v) is 10.4. The molecule has 1 fully saturated rings. The van der Waals surface area contributed by atoms with E-state index in [1.165, 1.54) is 0 Å². The van der Waals surface area contributed by atoms with Gasteiger partial charge in [-0.05, 0) is 25.0 Å². The van der Waals surface area contributed by atoms with Crippen LogP contribution in [-0.2, 0) is 4.74 Å². The van der Waals surface area contributed by atoms with E-state index >= 15 is 0 Å². The van der Waals surface area contributed by atoms with E-state index in [1.54, 1.807) is 0 Å². The second-order valence-electron chi connectivity index (χ2n) is 4.00. The molecule has 1 aliphatic rings. The Kier molecular flexibility index (Phi) is 3.88. The molecule has 2 atom stereocenters. The Bertz CT molecular complexity index is 363. The van der Waals surface area contributed by atoms with Crippen molar-refractivity contribution in [3.05, 3.63) is 30.3 Å². The molecule has 2 unspecified atom stereocenters. The molecule has 16 heavy (non-hydrogen) atoms. The molecular weight excluding hydrogens is 218 g/mol. The van der Waals surface area contributed by atoms with Gasteiger partial charge in [-0.25, -0.2) is 4.99 Å². The molecule has 0 N–H and O–H groups in total. The summed E-state index contributed by atoms with van der Waals surface area (Å²) in [5.74, 6) is 1.22. The van der Waals surface area contributed by atoms with Gasteiger partial charge in [-0.2, -0.15) is 12.6 Å². The van der Waals surface area contributed by atoms with Gasteiger partial charge in [0.15, 0.2) is 5.90 Å². The number of thiol groups is 1. The summed E-state index contributed by atoms with van der Waals surface area (Å²) >= 11 is 4.59. The Balaban J connectivity index is 2.17. The molecule has 0 spiro atoms. The van der Waals surface area contributed by atoms with Crippen LogP contribution in [0.4, 0.5) is 5.69 Å². The molecule has 0 amide bonds. The molecule has 1 aromatic carbocycles. The molecule has 0 aromatic heterocycles. The van der Waals surface area contributed by atoms with Gasteiger partial charge in [-0.15, -0.1) is 0 Å². The van der Waals surface area contributed by atoms with Crippen molar-refractivity contribution in [3.8, 4) is 0 Å². The van der Waals surface area contributed by atoms with E-state index in [4.69, 9.17) is 4.74 Å². The first-order chi connectivity index (χ1) is 7.81. The van der Waals surface area contributed by atoms with Gasteiger partial charge < -0.3 is 4.74 Å². The van der Waals surface area contributed by atoms with Crippen molar-refractivity contribution < 1.29 is 4.74 Å². The molecule has 0 bridgehead atoms. The van der Waals surface area contributed by atoms with Crippen molar-refractivity contribution in [1.29, 1.82) is 0 Å². The van der Waals surface area contributed by atoms with E-state index in [9.17, 15) is 0 Å². The summed E-state index contributed by atoms with van der Waals surface area (Å²) in [6.45, 7) is 2.92. The predicted molar refractivity (Wildman–Crippen MR) is 70.7 cm³/mol. The smallest absolute Gasteiger partial charge is 0.192 e. The number of ether oxygens (including phenoxy) is 1. The highest BCUT2D eigenvalue weighted by Crippen LogP contribution is 2.27.